The minimum Gasteiger partial charge on any atom is -0.768 e. The molecule has 3 rings (SSSR count). The quantitative estimate of drug-likeness (QED) is 0.548. The van der Waals surface area contributed by atoms with Crippen molar-refractivity contribution in [1.29, 1.82) is 0 Å². The summed E-state index contributed by atoms with van der Waals surface area (Å²) < 4.78 is 22.8. The smallest absolute Gasteiger partial charge is 0.768 e. The minimum absolute atomic E-state index is 0. The van der Waals surface area contributed by atoms with Crippen LogP contribution in [-0.4, -0.2) is 26.1 Å². The number of fused-ring (bicyclic) bond motifs is 1. The predicted octanol–water partition coefficient (Wildman–Crippen LogP) is 0.924. The molecular weight excluding hydrogens is 404 g/mol. The number of carbonyl (C=O) groups excluding carboxylic acids is 1. The first kappa shape index (κ1) is 21.9. The van der Waals surface area contributed by atoms with E-state index in [1.54, 1.807) is 35.2 Å². The van der Waals surface area contributed by atoms with Crippen LogP contribution in [0.3, 0.4) is 0 Å². The number of nitrogens with zero attached hydrogens (tertiary/aromatic N) is 1. The van der Waals surface area contributed by atoms with Crippen molar-refractivity contribution in [3.8, 4) is 0 Å². The molecule has 0 aromatic heterocycles. The third-order valence-corrected chi connectivity index (χ3v) is 6.03. The van der Waals surface area contributed by atoms with Crippen LogP contribution in [0.25, 0.3) is 0 Å². The Labute approximate surface area is 187 Å². The van der Waals surface area contributed by atoms with Crippen LogP contribution in [0.15, 0.2) is 41.3 Å². The molecule has 0 saturated heterocycles. The zero-order valence-corrected chi connectivity index (χ0v) is 18.8. The van der Waals surface area contributed by atoms with Crippen molar-refractivity contribution in [2.75, 3.05) is 6.54 Å². The molecule has 1 unspecified atom stereocenters. The molecule has 1 heterocycles. The van der Waals surface area contributed by atoms with Gasteiger partial charge < -0.3 is 9.45 Å². The zero-order chi connectivity index (χ0) is 18.1. The molecule has 0 fully saturated rings. The summed E-state index contributed by atoms with van der Waals surface area (Å²) in [6.45, 7) is 2.37. The first-order valence-electron chi connectivity index (χ1n) is 7.83. The van der Waals surface area contributed by atoms with Gasteiger partial charge in [-0.15, -0.1) is 0 Å². The van der Waals surface area contributed by atoms with E-state index in [0.717, 1.165) is 11.1 Å². The maximum Gasteiger partial charge on any atom is 1.00 e. The second-order valence-electron chi connectivity index (χ2n) is 5.95. The molecule has 132 valence electrons. The number of hydrogen-bond acceptors (Lipinski definition) is 3. The van der Waals surface area contributed by atoms with Gasteiger partial charge in [-0.25, -0.2) is 0 Å². The van der Waals surface area contributed by atoms with E-state index in [1.165, 1.54) is 0 Å². The van der Waals surface area contributed by atoms with Crippen LogP contribution in [0, 0.1) is 0 Å². The summed E-state index contributed by atoms with van der Waals surface area (Å²) in [7, 11) is 0. The average Bonchev–Trinajstić information content (AvgIpc) is 2.58. The number of halogens is 2. The SMILES string of the molecule is C[C@H]1c2cccc(S(=O)[O-])c2CCN1C(=O)Cc1c(Cl)cccc1Cl.[Na+]. The molecule has 8 heteroatoms. The van der Waals surface area contributed by atoms with E-state index in [2.05, 4.69) is 0 Å². The van der Waals surface area contributed by atoms with Crippen LogP contribution in [0.4, 0.5) is 0 Å². The number of carbonyl (C=O) groups is 1. The van der Waals surface area contributed by atoms with Crippen molar-refractivity contribution in [2.45, 2.75) is 30.7 Å². The molecule has 4 nitrogen and oxygen atoms in total. The van der Waals surface area contributed by atoms with E-state index in [0.29, 0.717) is 33.5 Å². The molecule has 1 aliphatic heterocycles. The van der Waals surface area contributed by atoms with Gasteiger partial charge in [-0.2, -0.15) is 0 Å². The summed E-state index contributed by atoms with van der Waals surface area (Å²) in [5, 5.41) is 0.935. The van der Waals surface area contributed by atoms with E-state index in [9.17, 15) is 13.6 Å². The fourth-order valence-electron chi connectivity index (χ4n) is 3.29. The summed E-state index contributed by atoms with van der Waals surface area (Å²) in [5.41, 5.74) is 2.28. The molecule has 2 aromatic carbocycles. The summed E-state index contributed by atoms with van der Waals surface area (Å²) >= 11 is 10.0. The monoisotopic (exact) mass is 419 g/mol. The van der Waals surface area contributed by atoms with Gasteiger partial charge in [0.05, 0.1) is 12.5 Å². The Kier molecular flexibility index (Phi) is 7.74. The second kappa shape index (κ2) is 9.20. The molecule has 1 aliphatic rings. The van der Waals surface area contributed by atoms with E-state index in [-0.39, 0.29) is 47.9 Å². The van der Waals surface area contributed by atoms with Crippen LogP contribution in [-0.2, 0) is 28.7 Å². The Morgan fingerprint density at radius 3 is 2.46 bits per heavy atom. The standard InChI is InChI=1S/C18H17Cl2NO3S.Na/c1-11-12-4-2-7-17(25(23)24)13(12)8-9-21(11)18(22)10-14-15(19)5-3-6-16(14)20;/h2-7,11H,8-10H2,1H3,(H,23,24);/q;+1/p-1/t11-;/m0./s1. The molecule has 2 atom stereocenters. The molecular formula is C18H16Cl2NNaO3S. The van der Waals surface area contributed by atoms with Gasteiger partial charge in [0.1, 0.15) is 0 Å². The van der Waals surface area contributed by atoms with Gasteiger partial charge in [0.15, 0.2) is 0 Å². The van der Waals surface area contributed by atoms with E-state index >= 15 is 0 Å². The predicted molar refractivity (Wildman–Crippen MR) is 97.6 cm³/mol. The van der Waals surface area contributed by atoms with E-state index < -0.39 is 11.1 Å². The molecule has 0 spiro atoms. The van der Waals surface area contributed by atoms with Gasteiger partial charge in [-0.1, -0.05) is 41.4 Å². The fourth-order valence-corrected chi connectivity index (χ4v) is 4.43. The van der Waals surface area contributed by atoms with Crippen LogP contribution in [0.1, 0.15) is 29.7 Å². The van der Waals surface area contributed by atoms with Crippen LogP contribution in [0.2, 0.25) is 10.0 Å². The molecule has 26 heavy (non-hydrogen) atoms. The maximum absolute atomic E-state index is 12.8. The van der Waals surface area contributed by atoms with Gasteiger partial charge in [-0.3, -0.25) is 9.00 Å². The first-order valence-corrected chi connectivity index (χ1v) is 9.66. The second-order valence-corrected chi connectivity index (χ2v) is 7.67. The molecule has 1 amide bonds. The summed E-state index contributed by atoms with van der Waals surface area (Å²) in [6, 6.07) is 10.1. The normalized spacial score (nSPS) is 17.2. The van der Waals surface area contributed by atoms with Gasteiger partial charge in [0.2, 0.25) is 5.91 Å². The number of amides is 1. The summed E-state index contributed by atoms with van der Waals surface area (Å²) in [5.74, 6) is -0.0817. The van der Waals surface area contributed by atoms with Crippen LogP contribution < -0.4 is 29.6 Å². The molecule has 0 bridgehead atoms. The van der Waals surface area contributed by atoms with Crippen molar-refractivity contribution in [3.05, 3.63) is 63.1 Å². The van der Waals surface area contributed by atoms with Crippen molar-refractivity contribution in [1.82, 2.24) is 4.90 Å². The van der Waals surface area contributed by atoms with Crippen molar-refractivity contribution in [2.24, 2.45) is 0 Å². The van der Waals surface area contributed by atoms with Crippen LogP contribution >= 0.6 is 23.2 Å². The third-order valence-electron chi connectivity index (χ3n) is 4.58. The van der Waals surface area contributed by atoms with Gasteiger partial charge in [0.25, 0.3) is 0 Å². The number of benzene rings is 2. The van der Waals surface area contributed by atoms with Crippen molar-refractivity contribution < 1.29 is 43.1 Å². The van der Waals surface area contributed by atoms with E-state index in [4.69, 9.17) is 23.2 Å². The Morgan fingerprint density at radius 1 is 1.23 bits per heavy atom. The summed E-state index contributed by atoms with van der Waals surface area (Å²) in [4.78, 5) is 14.9. The first-order chi connectivity index (χ1) is 11.9. The molecule has 0 radical (unpaired) electrons. The minimum atomic E-state index is -2.28. The Hall–Kier alpha value is -0.400. The molecule has 2 aromatic rings. The van der Waals surface area contributed by atoms with Crippen molar-refractivity contribution in [3.63, 3.8) is 0 Å². The number of rotatable bonds is 3. The average molecular weight is 420 g/mol. The summed E-state index contributed by atoms with van der Waals surface area (Å²) in [6.07, 6.45) is 0.622. The van der Waals surface area contributed by atoms with E-state index in [1.807, 2.05) is 13.0 Å². The Balaban J connectivity index is 0.00000243. The van der Waals surface area contributed by atoms with Crippen LogP contribution in [0.5, 0.6) is 0 Å². The topological polar surface area (TPSA) is 60.4 Å². The molecule has 0 aliphatic carbocycles. The van der Waals surface area contributed by atoms with Gasteiger partial charge >= 0.3 is 29.6 Å². The largest absolute Gasteiger partial charge is 1.00 e. The number of hydrogen-bond donors (Lipinski definition) is 0. The maximum atomic E-state index is 12.8. The Morgan fingerprint density at radius 2 is 1.85 bits per heavy atom. The van der Waals surface area contributed by atoms with Gasteiger partial charge in [-0.05, 0) is 59.3 Å². The zero-order valence-electron chi connectivity index (χ0n) is 14.5. The fraction of sp³-hybridized carbons (Fsp3) is 0.278. The van der Waals surface area contributed by atoms with Gasteiger partial charge in [0, 0.05) is 21.5 Å². The van der Waals surface area contributed by atoms with Crippen molar-refractivity contribution >= 4 is 40.2 Å². The molecule has 0 N–H and O–H groups in total. The third kappa shape index (κ3) is 4.36. The Bertz CT molecular complexity index is 842. The molecule has 0 saturated carbocycles.